The fourth-order valence-corrected chi connectivity index (χ4v) is 3.58. The molecule has 2 aromatic carbocycles. The maximum atomic E-state index is 12.8. The summed E-state index contributed by atoms with van der Waals surface area (Å²) in [5.41, 5.74) is -0.691. The van der Waals surface area contributed by atoms with Gasteiger partial charge in [-0.3, -0.25) is 4.79 Å². The average molecular weight is 467 g/mol. The third-order valence-corrected chi connectivity index (χ3v) is 5.23. The summed E-state index contributed by atoms with van der Waals surface area (Å²) in [6, 6.07) is 6.19. The number of carboxylic acid groups (broad SMARTS) is 1. The highest BCUT2D eigenvalue weighted by Gasteiger charge is 2.33. The zero-order chi connectivity index (χ0) is 23.0. The van der Waals surface area contributed by atoms with Crippen LogP contribution in [0, 0.1) is 5.92 Å². The monoisotopic (exact) mass is 466 g/mol. The van der Waals surface area contributed by atoms with Gasteiger partial charge in [-0.05, 0) is 47.7 Å². The van der Waals surface area contributed by atoms with Gasteiger partial charge in [-0.25, -0.2) is 0 Å². The summed E-state index contributed by atoms with van der Waals surface area (Å²) < 4.78 is 81.6. The number of hydrogen-bond acceptors (Lipinski definition) is 2. The molecule has 1 aliphatic carbocycles. The molecule has 0 saturated heterocycles. The molecular weight excluding hydrogens is 450 g/mol. The number of halogens is 7. The second kappa shape index (κ2) is 8.61. The van der Waals surface area contributed by atoms with Crippen molar-refractivity contribution in [2.24, 2.45) is 5.92 Å². The molecule has 1 saturated carbocycles. The first-order chi connectivity index (χ1) is 14.3. The number of benzene rings is 2. The van der Waals surface area contributed by atoms with E-state index in [1.54, 1.807) is 0 Å². The van der Waals surface area contributed by atoms with Crippen LogP contribution in [-0.4, -0.2) is 23.9 Å². The first kappa shape index (κ1) is 23.2. The van der Waals surface area contributed by atoms with Crippen LogP contribution in [0.25, 0.3) is 11.1 Å². The SMILES string of the molecule is O=C(O)C(CC1CC1)c1cc(Cl)c(-c2ccc(C(F)(F)F)cc2)c(OCC(F)(F)F)c1. The molecule has 10 heteroatoms. The zero-order valence-corrected chi connectivity index (χ0v) is 16.6. The Kier molecular flexibility index (Phi) is 6.45. The average Bonchev–Trinajstić information content (AvgIpc) is 3.47. The van der Waals surface area contributed by atoms with Crippen molar-refractivity contribution in [3.05, 3.63) is 52.5 Å². The molecule has 3 nitrogen and oxygen atoms in total. The van der Waals surface area contributed by atoms with Crippen molar-refractivity contribution >= 4 is 17.6 Å². The molecule has 1 unspecified atom stereocenters. The largest absolute Gasteiger partial charge is 0.483 e. The van der Waals surface area contributed by atoms with Gasteiger partial charge in [0.25, 0.3) is 0 Å². The number of hydrogen-bond donors (Lipinski definition) is 1. The van der Waals surface area contributed by atoms with Gasteiger partial charge >= 0.3 is 18.3 Å². The quantitative estimate of drug-likeness (QED) is 0.450. The van der Waals surface area contributed by atoms with Crippen LogP contribution < -0.4 is 4.74 Å². The van der Waals surface area contributed by atoms with Crippen LogP contribution in [0.4, 0.5) is 26.3 Å². The van der Waals surface area contributed by atoms with Gasteiger partial charge in [0.2, 0.25) is 0 Å². The fourth-order valence-electron chi connectivity index (χ4n) is 3.25. The number of carboxylic acids is 1. The van der Waals surface area contributed by atoms with Crippen LogP contribution in [0.1, 0.15) is 36.3 Å². The number of aliphatic carboxylic acids is 1. The van der Waals surface area contributed by atoms with E-state index in [4.69, 9.17) is 16.3 Å². The van der Waals surface area contributed by atoms with Crippen molar-refractivity contribution in [1.29, 1.82) is 0 Å². The van der Waals surface area contributed by atoms with Crippen LogP contribution in [-0.2, 0) is 11.0 Å². The summed E-state index contributed by atoms with van der Waals surface area (Å²) in [7, 11) is 0. The Balaban J connectivity index is 2.05. The van der Waals surface area contributed by atoms with E-state index < -0.39 is 36.4 Å². The third-order valence-electron chi connectivity index (χ3n) is 4.94. The van der Waals surface area contributed by atoms with Crippen molar-refractivity contribution in [2.75, 3.05) is 6.61 Å². The molecule has 2 aromatic rings. The minimum absolute atomic E-state index is 0.0426. The van der Waals surface area contributed by atoms with Gasteiger partial charge in [0.15, 0.2) is 6.61 Å². The lowest BCUT2D eigenvalue weighted by atomic mass is 9.91. The molecule has 0 amide bonds. The predicted octanol–water partition coefficient (Wildman–Crippen LogP) is 6.94. The van der Waals surface area contributed by atoms with E-state index >= 15 is 0 Å². The van der Waals surface area contributed by atoms with Crippen LogP contribution in [0.5, 0.6) is 5.75 Å². The second-order valence-corrected chi connectivity index (χ2v) is 7.83. The topological polar surface area (TPSA) is 46.5 Å². The number of alkyl halides is 6. The number of ether oxygens (including phenoxy) is 1. The van der Waals surface area contributed by atoms with Gasteiger partial charge < -0.3 is 9.84 Å². The standard InChI is InChI=1S/C21H17ClF6O3/c22-16-8-13(15(19(29)30)7-11-1-2-11)9-17(31-10-20(23,24)25)18(16)12-3-5-14(6-4-12)21(26,27)28/h3-6,8-9,11,15H,1-2,7,10H2,(H,29,30). The van der Waals surface area contributed by atoms with E-state index in [0.29, 0.717) is 6.42 Å². The first-order valence-corrected chi connectivity index (χ1v) is 9.66. The maximum Gasteiger partial charge on any atom is 0.422 e. The van der Waals surface area contributed by atoms with E-state index in [1.165, 1.54) is 12.1 Å². The summed E-state index contributed by atoms with van der Waals surface area (Å²) in [5.74, 6) is -2.26. The lowest BCUT2D eigenvalue weighted by molar-refractivity contribution is -0.153. The lowest BCUT2D eigenvalue weighted by Crippen LogP contribution is -2.20. The molecule has 0 aromatic heterocycles. The molecular formula is C21H17ClF6O3. The summed E-state index contributed by atoms with van der Waals surface area (Å²) >= 11 is 6.27. The maximum absolute atomic E-state index is 12.8. The highest BCUT2D eigenvalue weighted by molar-refractivity contribution is 6.33. The summed E-state index contributed by atoms with van der Waals surface area (Å²) in [4.78, 5) is 11.7. The van der Waals surface area contributed by atoms with E-state index in [0.717, 1.165) is 37.1 Å². The molecule has 0 radical (unpaired) electrons. The van der Waals surface area contributed by atoms with Gasteiger partial charge in [0.05, 0.1) is 16.5 Å². The first-order valence-electron chi connectivity index (χ1n) is 9.28. The smallest absolute Gasteiger partial charge is 0.422 e. The van der Waals surface area contributed by atoms with Crippen LogP contribution in [0.15, 0.2) is 36.4 Å². The Morgan fingerprint density at radius 3 is 2.19 bits per heavy atom. The normalized spacial score (nSPS) is 15.6. The lowest BCUT2D eigenvalue weighted by Gasteiger charge is -2.19. The Bertz CT molecular complexity index is 949. The highest BCUT2D eigenvalue weighted by Crippen LogP contribution is 2.44. The Hall–Kier alpha value is -2.42. The molecule has 0 aliphatic heterocycles. The van der Waals surface area contributed by atoms with E-state index in [1.807, 2.05) is 0 Å². The summed E-state index contributed by atoms with van der Waals surface area (Å²) in [6.45, 7) is -1.67. The molecule has 1 N–H and O–H groups in total. The minimum Gasteiger partial charge on any atom is -0.483 e. The van der Waals surface area contributed by atoms with Gasteiger partial charge in [0.1, 0.15) is 5.75 Å². The van der Waals surface area contributed by atoms with Crippen molar-refractivity contribution in [3.8, 4) is 16.9 Å². The minimum atomic E-state index is -4.68. The molecule has 3 rings (SSSR count). The predicted molar refractivity (Wildman–Crippen MR) is 101 cm³/mol. The van der Waals surface area contributed by atoms with Crippen molar-refractivity contribution in [1.82, 2.24) is 0 Å². The van der Waals surface area contributed by atoms with Gasteiger partial charge in [-0.15, -0.1) is 0 Å². The molecule has 1 aliphatic rings. The molecule has 1 fully saturated rings. The Morgan fingerprint density at radius 1 is 1.10 bits per heavy atom. The van der Waals surface area contributed by atoms with Crippen molar-refractivity contribution in [3.63, 3.8) is 0 Å². The van der Waals surface area contributed by atoms with Crippen LogP contribution in [0.3, 0.4) is 0 Å². The summed E-state index contributed by atoms with van der Waals surface area (Å²) in [6.07, 6.45) is -7.21. The molecule has 0 spiro atoms. The molecule has 168 valence electrons. The second-order valence-electron chi connectivity index (χ2n) is 7.42. The summed E-state index contributed by atoms with van der Waals surface area (Å²) in [5, 5.41) is 9.45. The Labute approximate surface area is 178 Å². The van der Waals surface area contributed by atoms with E-state index in [2.05, 4.69) is 0 Å². The molecule has 0 bridgehead atoms. The van der Waals surface area contributed by atoms with Crippen molar-refractivity contribution < 1.29 is 41.0 Å². The third kappa shape index (κ3) is 6.06. The van der Waals surface area contributed by atoms with Gasteiger partial charge in [-0.2, -0.15) is 26.3 Å². The van der Waals surface area contributed by atoms with Crippen LogP contribution >= 0.6 is 11.6 Å². The fraction of sp³-hybridized carbons (Fsp3) is 0.381. The molecule has 1 atom stereocenters. The highest BCUT2D eigenvalue weighted by atomic mass is 35.5. The van der Waals surface area contributed by atoms with E-state index in [9.17, 15) is 36.2 Å². The van der Waals surface area contributed by atoms with Crippen molar-refractivity contribution in [2.45, 2.75) is 37.5 Å². The van der Waals surface area contributed by atoms with Gasteiger partial charge in [-0.1, -0.05) is 36.6 Å². The zero-order valence-electron chi connectivity index (χ0n) is 15.9. The number of carbonyl (C=O) groups is 1. The molecule has 0 heterocycles. The Morgan fingerprint density at radius 2 is 1.71 bits per heavy atom. The number of rotatable bonds is 7. The molecule has 31 heavy (non-hydrogen) atoms. The van der Waals surface area contributed by atoms with Crippen LogP contribution in [0.2, 0.25) is 5.02 Å². The van der Waals surface area contributed by atoms with Gasteiger partial charge in [0, 0.05) is 5.56 Å². The van der Waals surface area contributed by atoms with E-state index in [-0.39, 0.29) is 33.4 Å².